The normalized spacial score (nSPS) is 11.5. The van der Waals surface area contributed by atoms with Gasteiger partial charge in [-0.25, -0.2) is 14.4 Å². The Morgan fingerprint density at radius 3 is 2.43 bits per heavy atom. The maximum absolute atomic E-state index is 12.3. The maximum Gasteiger partial charge on any atom is 0.407 e. The summed E-state index contributed by atoms with van der Waals surface area (Å²) in [5.74, 6) is -1.06. The quantitative estimate of drug-likeness (QED) is 0.478. The van der Waals surface area contributed by atoms with E-state index in [1.54, 1.807) is 13.8 Å². The highest BCUT2D eigenvalue weighted by atomic mass is 16.5. The van der Waals surface area contributed by atoms with Crippen LogP contribution in [0.1, 0.15) is 57.9 Å². The van der Waals surface area contributed by atoms with Crippen LogP contribution in [0.3, 0.4) is 0 Å². The molecule has 8 heteroatoms. The number of carbonyl (C=O) groups is 3. The minimum Gasteiger partial charge on any atom is -0.465 e. The Morgan fingerprint density at radius 1 is 1.10 bits per heavy atom. The van der Waals surface area contributed by atoms with Crippen molar-refractivity contribution in [1.82, 2.24) is 10.3 Å². The van der Waals surface area contributed by atoms with Crippen LogP contribution in [0.4, 0.5) is 4.79 Å². The van der Waals surface area contributed by atoms with E-state index in [9.17, 15) is 14.4 Å². The molecule has 1 amide bonds. The maximum atomic E-state index is 12.3. The number of rotatable bonds is 9. The zero-order chi connectivity index (χ0) is 22.1. The third kappa shape index (κ3) is 6.10. The Kier molecular flexibility index (Phi) is 8.46. The van der Waals surface area contributed by atoms with Gasteiger partial charge in [0.25, 0.3) is 0 Å². The minimum absolute atomic E-state index is 0.176. The summed E-state index contributed by atoms with van der Waals surface area (Å²) in [5.41, 5.74) is 2.49. The molecule has 0 saturated carbocycles. The van der Waals surface area contributed by atoms with Crippen molar-refractivity contribution in [3.05, 3.63) is 58.4 Å². The molecule has 1 aromatic carbocycles. The highest BCUT2D eigenvalue weighted by molar-refractivity contribution is 5.98. The summed E-state index contributed by atoms with van der Waals surface area (Å²) in [4.78, 5) is 39.5. The summed E-state index contributed by atoms with van der Waals surface area (Å²) in [7, 11) is 1.29. The first kappa shape index (κ1) is 23.0. The van der Waals surface area contributed by atoms with Gasteiger partial charge in [0.05, 0.1) is 19.3 Å². The van der Waals surface area contributed by atoms with Crippen molar-refractivity contribution in [2.45, 2.75) is 46.3 Å². The van der Waals surface area contributed by atoms with Crippen LogP contribution in [0.25, 0.3) is 0 Å². The van der Waals surface area contributed by atoms with Crippen LogP contribution in [0.15, 0.2) is 30.3 Å². The number of methoxy groups -OCH3 is 1. The lowest BCUT2D eigenvalue weighted by atomic mass is 10.0. The van der Waals surface area contributed by atoms with Crippen LogP contribution in [0, 0.1) is 6.92 Å². The van der Waals surface area contributed by atoms with Crippen LogP contribution in [-0.2, 0) is 27.2 Å². The highest BCUT2D eigenvalue weighted by Gasteiger charge is 2.26. The predicted molar refractivity (Wildman–Crippen MR) is 110 cm³/mol. The summed E-state index contributed by atoms with van der Waals surface area (Å²) in [5, 5.41) is 2.76. The van der Waals surface area contributed by atoms with Crippen molar-refractivity contribution in [3.63, 3.8) is 0 Å². The number of ether oxygens (including phenoxy) is 3. The predicted octanol–water partition coefficient (Wildman–Crippen LogP) is 3.53. The Labute approximate surface area is 175 Å². The van der Waals surface area contributed by atoms with E-state index in [2.05, 4.69) is 10.3 Å². The number of aromatic amines is 1. The fourth-order valence-corrected chi connectivity index (χ4v) is 3.08. The molecule has 0 saturated heterocycles. The lowest BCUT2D eigenvalue weighted by Gasteiger charge is -2.15. The molecule has 1 heterocycles. The Hall–Kier alpha value is -3.29. The first-order valence-corrected chi connectivity index (χ1v) is 9.81. The van der Waals surface area contributed by atoms with Crippen LogP contribution >= 0.6 is 0 Å². The van der Waals surface area contributed by atoms with Crippen molar-refractivity contribution >= 4 is 18.0 Å². The number of hydrogen-bond acceptors (Lipinski definition) is 6. The molecule has 1 unspecified atom stereocenters. The molecule has 2 rings (SSSR count). The van der Waals surface area contributed by atoms with Gasteiger partial charge in [-0.2, -0.15) is 0 Å². The zero-order valence-corrected chi connectivity index (χ0v) is 17.7. The van der Waals surface area contributed by atoms with E-state index in [0.717, 1.165) is 5.56 Å². The van der Waals surface area contributed by atoms with E-state index >= 15 is 0 Å². The molecule has 162 valence electrons. The van der Waals surface area contributed by atoms with E-state index in [1.807, 2.05) is 37.3 Å². The van der Waals surface area contributed by atoms with Gasteiger partial charge in [0.2, 0.25) is 0 Å². The van der Waals surface area contributed by atoms with Gasteiger partial charge in [-0.3, -0.25) is 0 Å². The minimum atomic E-state index is -0.534. The van der Waals surface area contributed by atoms with Crippen LogP contribution in [-0.4, -0.2) is 42.8 Å². The average Bonchev–Trinajstić information content (AvgIpc) is 3.07. The third-order valence-electron chi connectivity index (χ3n) is 4.56. The monoisotopic (exact) mass is 416 g/mol. The molecule has 0 aliphatic carbocycles. The van der Waals surface area contributed by atoms with E-state index in [0.29, 0.717) is 29.7 Å². The third-order valence-corrected chi connectivity index (χ3v) is 4.56. The van der Waals surface area contributed by atoms with Crippen molar-refractivity contribution in [2.24, 2.45) is 0 Å². The molecule has 2 N–H and O–H groups in total. The lowest BCUT2D eigenvalue weighted by Crippen LogP contribution is -2.33. The van der Waals surface area contributed by atoms with Crippen molar-refractivity contribution < 1.29 is 28.6 Å². The van der Waals surface area contributed by atoms with Gasteiger partial charge in [-0.05, 0) is 44.7 Å². The van der Waals surface area contributed by atoms with Crippen LogP contribution in [0.5, 0.6) is 0 Å². The SMILES string of the molecule is CCOC(=O)c1[nH]c(C)c(C(=O)OC)c1CCC(C)NC(=O)OCc1ccccc1. The van der Waals surface area contributed by atoms with Crippen molar-refractivity contribution in [1.29, 1.82) is 0 Å². The van der Waals surface area contributed by atoms with Crippen LogP contribution < -0.4 is 5.32 Å². The van der Waals surface area contributed by atoms with Gasteiger partial charge >= 0.3 is 18.0 Å². The number of aryl methyl sites for hydroxylation is 1. The van der Waals surface area contributed by atoms with E-state index in [-0.39, 0.29) is 24.9 Å². The summed E-state index contributed by atoms with van der Waals surface area (Å²) < 4.78 is 15.2. The number of esters is 2. The van der Waals surface area contributed by atoms with E-state index < -0.39 is 18.0 Å². The number of amides is 1. The molecule has 1 atom stereocenters. The highest BCUT2D eigenvalue weighted by Crippen LogP contribution is 2.23. The number of nitrogens with one attached hydrogen (secondary N) is 2. The van der Waals surface area contributed by atoms with Gasteiger partial charge in [-0.1, -0.05) is 30.3 Å². The second-order valence-electron chi connectivity index (χ2n) is 6.84. The molecule has 0 spiro atoms. The van der Waals surface area contributed by atoms with Gasteiger partial charge in [-0.15, -0.1) is 0 Å². The summed E-state index contributed by atoms with van der Waals surface area (Å²) in [6.07, 6.45) is 0.312. The molecule has 0 fully saturated rings. The molecule has 30 heavy (non-hydrogen) atoms. The van der Waals surface area contributed by atoms with Gasteiger partial charge < -0.3 is 24.5 Å². The number of hydrogen-bond donors (Lipinski definition) is 2. The zero-order valence-electron chi connectivity index (χ0n) is 17.7. The number of aromatic nitrogens is 1. The topological polar surface area (TPSA) is 107 Å². The molecule has 0 radical (unpaired) electrons. The number of H-pyrrole nitrogens is 1. The van der Waals surface area contributed by atoms with Crippen molar-refractivity contribution in [3.8, 4) is 0 Å². The molecule has 0 aliphatic rings. The first-order valence-electron chi connectivity index (χ1n) is 9.81. The molecular weight excluding hydrogens is 388 g/mol. The van der Waals surface area contributed by atoms with Crippen LogP contribution in [0.2, 0.25) is 0 Å². The number of alkyl carbamates (subject to hydrolysis) is 1. The molecule has 0 bridgehead atoms. The molecule has 0 aliphatic heterocycles. The number of carbonyl (C=O) groups excluding carboxylic acids is 3. The van der Waals surface area contributed by atoms with Crippen molar-refractivity contribution in [2.75, 3.05) is 13.7 Å². The smallest absolute Gasteiger partial charge is 0.407 e. The Bertz CT molecular complexity index is 875. The summed E-state index contributed by atoms with van der Waals surface area (Å²) >= 11 is 0. The van der Waals surface area contributed by atoms with Gasteiger partial charge in [0, 0.05) is 11.7 Å². The van der Waals surface area contributed by atoms with E-state index in [1.165, 1.54) is 7.11 Å². The van der Waals surface area contributed by atoms with Gasteiger partial charge in [0.15, 0.2) is 0 Å². The average molecular weight is 416 g/mol. The molecule has 2 aromatic rings. The Morgan fingerprint density at radius 2 is 1.80 bits per heavy atom. The summed E-state index contributed by atoms with van der Waals surface area (Å²) in [6.45, 7) is 5.62. The fraction of sp³-hybridized carbons (Fsp3) is 0.409. The largest absolute Gasteiger partial charge is 0.465 e. The standard InChI is InChI=1S/C22H28N2O6/c1-5-29-21(26)19-17(18(15(3)24-19)20(25)28-4)12-11-14(2)23-22(27)30-13-16-9-7-6-8-10-16/h6-10,14,24H,5,11-13H2,1-4H3,(H,23,27). The fourth-order valence-electron chi connectivity index (χ4n) is 3.08. The molecule has 1 aromatic heterocycles. The number of benzene rings is 1. The second-order valence-corrected chi connectivity index (χ2v) is 6.84. The summed E-state index contributed by atoms with van der Waals surface area (Å²) in [6, 6.07) is 9.13. The lowest BCUT2D eigenvalue weighted by molar-refractivity contribution is 0.0518. The first-order chi connectivity index (χ1) is 14.4. The van der Waals surface area contributed by atoms with E-state index in [4.69, 9.17) is 14.2 Å². The molecule has 8 nitrogen and oxygen atoms in total. The molecular formula is C22H28N2O6. The second kappa shape index (κ2) is 11.0. The van der Waals surface area contributed by atoms with Gasteiger partial charge in [0.1, 0.15) is 12.3 Å². The Balaban J connectivity index is 2.01.